The number of carbonyl (C=O) groups is 2. The van der Waals surface area contributed by atoms with E-state index >= 15 is 0 Å². The van der Waals surface area contributed by atoms with Gasteiger partial charge in [0.05, 0.1) is 24.4 Å². The maximum absolute atomic E-state index is 12.9. The number of likely N-dealkylation sites (N-methyl/N-ethyl adjacent to an activating group) is 1. The Kier molecular flexibility index (Phi) is 7.87. The summed E-state index contributed by atoms with van der Waals surface area (Å²) in [4.78, 5) is 29.4. The number of rotatable bonds is 8. The number of carbonyl (C=O) groups excluding carboxylic acids is 2. The first-order valence-electron chi connectivity index (χ1n) is 9.86. The normalized spacial score (nSPS) is 13.7. The van der Waals surface area contributed by atoms with Crippen LogP contribution in [0.25, 0.3) is 0 Å². The highest BCUT2D eigenvalue weighted by Crippen LogP contribution is 2.31. The van der Waals surface area contributed by atoms with Crippen molar-refractivity contribution in [3.63, 3.8) is 0 Å². The minimum atomic E-state index is -0.0616. The number of halogens is 2. The van der Waals surface area contributed by atoms with Gasteiger partial charge < -0.3 is 24.2 Å². The number of hydrogen-bond acceptors (Lipinski definition) is 6. The van der Waals surface area contributed by atoms with Gasteiger partial charge in [0.2, 0.25) is 5.91 Å². The van der Waals surface area contributed by atoms with Crippen LogP contribution < -0.4 is 19.3 Å². The Bertz CT molecular complexity index is 933. The van der Waals surface area contributed by atoms with Gasteiger partial charge in [0.25, 0.3) is 0 Å². The third-order valence-electron chi connectivity index (χ3n) is 5.14. The Labute approximate surface area is 192 Å². The summed E-state index contributed by atoms with van der Waals surface area (Å²) in [7, 11) is 3.39. The molecular formula is C22H25Cl2N3O4. The summed E-state index contributed by atoms with van der Waals surface area (Å²) in [6, 6.07) is 10.8. The lowest BCUT2D eigenvalue weighted by atomic mass is 10.2. The number of anilines is 2. The molecular weight excluding hydrogens is 441 g/mol. The SMILES string of the molecule is COc1cc(N2CCN(C(=O)CN(C)c3cc(Cl)ccc3OCC=O)CC2)ccc1Cl. The van der Waals surface area contributed by atoms with E-state index in [2.05, 4.69) is 4.90 Å². The van der Waals surface area contributed by atoms with E-state index in [-0.39, 0.29) is 19.1 Å². The van der Waals surface area contributed by atoms with E-state index in [1.807, 2.05) is 23.1 Å². The van der Waals surface area contributed by atoms with Gasteiger partial charge in [-0.2, -0.15) is 0 Å². The predicted octanol–water partition coefficient (Wildman–Crippen LogP) is 3.36. The molecule has 1 fully saturated rings. The molecule has 0 radical (unpaired) electrons. The number of piperazine rings is 1. The average Bonchev–Trinajstić information content (AvgIpc) is 2.78. The van der Waals surface area contributed by atoms with Gasteiger partial charge in [-0.3, -0.25) is 9.59 Å². The summed E-state index contributed by atoms with van der Waals surface area (Å²) in [5.74, 6) is 1.15. The maximum atomic E-state index is 12.9. The number of methoxy groups -OCH3 is 1. The average molecular weight is 466 g/mol. The van der Waals surface area contributed by atoms with Crippen LogP contribution in [0.2, 0.25) is 10.0 Å². The summed E-state index contributed by atoms with van der Waals surface area (Å²) in [6.45, 7) is 2.76. The molecule has 31 heavy (non-hydrogen) atoms. The fourth-order valence-corrected chi connectivity index (χ4v) is 3.84. The number of benzene rings is 2. The molecule has 3 rings (SSSR count). The van der Waals surface area contributed by atoms with E-state index in [0.29, 0.717) is 59.7 Å². The van der Waals surface area contributed by atoms with Crippen LogP contribution in [0.5, 0.6) is 11.5 Å². The highest BCUT2D eigenvalue weighted by Gasteiger charge is 2.23. The minimum Gasteiger partial charge on any atom is -0.495 e. The van der Waals surface area contributed by atoms with Gasteiger partial charge in [0, 0.05) is 50.0 Å². The third kappa shape index (κ3) is 5.74. The molecule has 0 spiro atoms. The molecule has 0 saturated carbocycles. The first-order valence-corrected chi connectivity index (χ1v) is 10.6. The molecule has 0 N–H and O–H groups in total. The largest absolute Gasteiger partial charge is 0.495 e. The zero-order valence-corrected chi connectivity index (χ0v) is 19.0. The predicted molar refractivity (Wildman–Crippen MR) is 123 cm³/mol. The molecule has 0 aromatic heterocycles. The van der Waals surface area contributed by atoms with Crippen LogP contribution in [0.4, 0.5) is 11.4 Å². The van der Waals surface area contributed by atoms with Crippen LogP contribution in [-0.4, -0.2) is 70.6 Å². The van der Waals surface area contributed by atoms with Crippen molar-refractivity contribution in [2.75, 3.05) is 63.3 Å². The Morgan fingerprint density at radius 3 is 2.52 bits per heavy atom. The van der Waals surface area contributed by atoms with Crippen LogP contribution >= 0.6 is 23.2 Å². The fourth-order valence-electron chi connectivity index (χ4n) is 3.48. The molecule has 1 amide bonds. The molecule has 7 nitrogen and oxygen atoms in total. The summed E-state index contributed by atoms with van der Waals surface area (Å²) in [5.41, 5.74) is 1.68. The van der Waals surface area contributed by atoms with Crippen molar-refractivity contribution in [2.24, 2.45) is 0 Å². The van der Waals surface area contributed by atoms with Gasteiger partial charge in [0.15, 0.2) is 6.29 Å². The molecule has 0 bridgehead atoms. The van der Waals surface area contributed by atoms with Crippen molar-refractivity contribution in [3.05, 3.63) is 46.4 Å². The monoisotopic (exact) mass is 465 g/mol. The second-order valence-electron chi connectivity index (χ2n) is 7.13. The fraction of sp³-hybridized carbons (Fsp3) is 0.364. The van der Waals surface area contributed by atoms with Crippen molar-refractivity contribution < 1.29 is 19.1 Å². The molecule has 1 heterocycles. The maximum Gasteiger partial charge on any atom is 0.242 e. The van der Waals surface area contributed by atoms with E-state index in [4.69, 9.17) is 32.7 Å². The second-order valence-corrected chi connectivity index (χ2v) is 7.98. The standard InChI is InChI=1S/C22H25Cl2N3O4/c1-25(19-13-16(23)3-6-20(19)31-12-11-28)15-22(29)27-9-7-26(8-10-27)17-4-5-18(24)21(14-17)30-2/h3-6,11,13-14H,7-10,12,15H2,1-2H3. The van der Waals surface area contributed by atoms with Gasteiger partial charge in [-0.1, -0.05) is 23.2 Å². The third-order valence-corrected chi connectivity index (χ3v) is 5.69. The lowest BCUT2D eigenvalue weighted by Crippen LogP contribution is -2.51. The molecule has 9 heteroatoms. The zero-order chi connectivity index (χ0) is 22.4. The highest BCUT2D eigenvalue weighted by atomic mass is 35.5. The summed E-state index contributed by atoms with van der Waals surface area (Å²) in [6.07, 6.45) is 0.680. The Balaban J connectivity index is 1.60. The molecule has 0 atom stereocenters. The second kappa shape index (κ2) is 10.6. The molecule has 166 valence electrons. The minimum absolute atomic E-state index is 0.0112. The van der Waals surface area contributed by atoms with Gasteiger partial charge in [-0.25, -0.2) is 0 Å². The van der Waals surface area contributed by atoms with Crippen molar-refractivity contribution in [2.45, 2.75) is 0 Å². The van der Waals surface area contributed by atoms with E-state index in [9.17, 15) is 9.59 Å². The van der Waals surface area contributed by atoms with Crippen LogP contribution in [0.15, 0.2) is 36.4 Å². The van der Waals surface area contributed by atoms with Crippen molar-refractivity contribution in [3.8, 4) is 11.5 Å². The zero-order valence-electron chi connectivity index (χ0n) is 17.5. The number of nitrogens with zero attached hydrogens (tertiary/aromatic N) is 3. The molecule has 2 aromatic rings. The number of amides is 1. The van der Waals surface area contributed by atoms with Crippen molar-refractivity contribution in [1.82, 2.24) is 4.90 Å². The van der Waals surface area contributed by atoms with Crippen LogP contribution in [0, 0.1) is 0 Å². The van der Waals surface area contributed by atoms with Gasteiger partial charge in [0.1, 0.15) is 18.1 Å². The van der Waals surface area contributed by atoms with E-state index in [1.54, 1.807) is 37.3 Å². The Hall–Kier alpha value is -2.64. The van der Waals surface area contributed by atoms with Crippen molar-refractivity contribution in [1.29, 1.82) is 0 Å². The first-order chi connectivity index (χ1) is 14.9. The van der Waals surface area contributed by atoms with Crippen molar-refractivity contribution >= 4 is 46.8 Å². The van der Waals surface area contributed by atoms with E-state index < -0.39 is 0 Å². The topological polar surface area (TPSA) is 62.3 Å². The first kappa shape index (κ1) is 23.0. The van der Waals surface area contributed by atoms with Gasteiger partial charge in [-0.15, -0.1) is 0 Å². The molecule has 1 aliphatic heterocycles. The molecule has 2 aromatic carbocycles. The smallest absolute Gasteiger partial charge is 0.242 e. The summed E-state index contributed by atoms with van der Waals surface area (Å²) >= 11 is 12.2. The van der Waals surface area contributed by atoms with Crippen LogP contribution in [0.1, 0.15) is 0 Å². The number of ether oxygens (including phenoxy) is 2. The van der Waals surface area contributed by atoms with Crippen LogP contribution in [0.3, 0.4) is 0 Å². The quantitative estimate of drug-likeness (QED) is 0.557. The summed E-state index contributed by atoms with van der Waals surface area (Å²) < 4.78 is 10.8. The highest BCUT2D eigenvalue weighted by molar-refractivity contribution is 6.32. The number of aldehydes is 1. The summed E-state index contributed by atoms with van der Waals surface area (Å²) in [5, 5.41) is 1.10. The lowest BCUT2D eigenvalue weighted by Gasteiger charge is -2.37. The molecule has 1 saturated heterocycles. The van der Waals surface area contributed by atoms with Gasteiger partial charge in [-0.05, 0) is 30.3 Å². The lowest BCUT2D eigenvalue weighted by molar-refractivity contribution is -0.130. The van der Waals surface area contributed by atoms with Crippen LogP contribution in [-0.2, 0) is 9.59 Å². The Morgan fingerprint density at radius 2 is 1.84 bits per heavy atom. The van der Waals surface area contributed by atoms with E-state index in [0.717, 1.165) is 5.69 Å². The van der Waals surface area contributed by atoms with Gasteiger partial charge >= 0.3 is 0 Å². The van der Waals surface area contributed by atoms with E-state index in [1.165, 1.54) is 0 Å². The molecule has 0 unspecified atom stereocenters. The molecule has 1 aliphatic rings. The molecule has 0 aliphatic carbocycles. The number of hydrogen-bond donors (Lipinski definition) is 0. The Morgan fingerprint density at radius 1 is 1.10 bits per heavy atom.